The highest BCUT2D eigenvalue weighted by Crippen LogP contribution is 2.31. The molecule has 0 aliphatic carbocycles. The molecule has 0 N–H and O–H groups in total. The lowest BCUT2D eigenvalue weighted by Crippen LogP contribution is -2.36. The number of para-hydroxylation sites is 1. The fourth-order valence-electron chi connectivity index (χ4n) is 5.50. The Hall–Kier alpha value is -3.78. The molecule has 0 fully saturated rings. The SMILES string of the molecule is CCCCOc1c(C)cccc1C1=Nn2c(nc(CCCC)c(C)c2=O)C1=Nc1ccc(N(CC)C(C)COC)cc1C. The van der Waals surface area contributed by atoms with E-state index in [-0.39, 0.29) is 11.6 Å². The summed E-state index contributed by atoms with van der Waals surface area (Å²) in [6.45, 7) is 16.7. The van der Waals surface area contributed by atoms with Crippen molar-refractivity contribution in [1.82, 2.24) is 9.66 Å². The summed E-state index contributed by atoms with van der Waals surface area (Å²) in [6, 6.07) is 12.6. The van der Waals surface area contributed by atoms with Gasteiger partial charge in [-0.05, 0) is 89.3 Å². The van der Waals surface area contributed by atoms with Gasteiger partial charge < -0.3 is 14.4 Å². The summed E-state index contributed by atoms with van der Waals surface area (Å²) in [5.41, 5.74) is 7.24. The molecule has 3 aromatic rings. The standard InChI is InChI=1S/C35H47N5O3/c1-9-12-17-30-26(7)35(41)40-34(37-30)32(31(38-40)28-16-14-15-23(4)33(28)43-20-13-10-2)36-29-19-18-27(21-24(29)5)39(11-3)25(6)22-42-8/h14-16,18-19,21,25H,9-13,17,20,22H2,1-8H3. The highest BCUT2D eigenvalue weighted by Gasteiger charge is 2.31. The summed E-state index contributed by atoms with van der Waals surface area (Å²) >= 11 is 0. The van der Waals surface area contributed by atoms with Gasteiger partial charge in [-0.2, -0.15) is 9.78 Å². The largest absolute Gasteiger partial charge is 0.493 e. The van der Waals surface area contributed by atoms with E-state index in [9.17, 15) is 4.79 Å². The highest BCUT2D eigenvalue weighted by molar-refractivity contribution is 6.54. The molecule has 1 unspecified atom stereocenters. The molecule has 230 valence electrons. The van der Waals surface area contributed by atoms with Crippen molar-refractivity contribution in [3.8, 4) is 5.75 Å². The number of unbranched alkanes of at least 4 members (excludes halogenated alkanes) is 2. The second-order valence-electron chi connectivity index (χ2n) is 11.4. The molecule has 1 atom stereocenters. The number of anilines is 1. The summed E-state index contributed by atoms with van der Waals surface area (Å²) in [4.78, 5) is 26.2. The molecule has 1 aliphatic rings. The first-order chi connectivity index (χ1) is 20.7. The topological polar surface area (TPSA) is 81.3 Å². The summed E-state index contributed by atoms with van der Waals surface area (Å²) < 4.78 is 13.1. The van der Waals surface area contributed by atoms with Gasteiger partial charge in [0.15, 0.2) is 5.82 Å². The molecule has 1 aromatic heterocycles. The number of aliphatic imine (C=N–C) groups is 1. The maximum Gasteiger partial charge on any atom is 0.277 e. The van der Waals surface area contributed by atoms with Crippen molar-refractivity contribution in [2.24, 2.45) is 10.1 Å². The van der Waals surface area contributed by atoms with E-state index >= 15 is 0 Å². The van der Waals surface area contributed by atoms with E-state index in [0.717, 1.165) is 78.2 Å². The van der Waals surface area contributed by atoms with Crippen molar-refractivity contribution in [2.75, 3.05) is 31.8 Å². The lowest BCUT2D eigenvalue weighted by molar-refractivity contribution is 0.182. The zero-order valence-corrected chi connectivity index (χ0v) is 27.2. The van der Waals surface area contributed by atoms with Crippen LogP contribution in [0.2, 0.25) is 0 Å². The number of methoxy groups -OCH3 is 1. The average molecular weight is 586 g/mol. The van der Waals surface area contributed by atoms with Crippen LogP contribution in [0.5, 0.6) is 5.75 Å². The second-order valence-corrected chi connectivity index (χ2v) is 11.4. The number of likely N-dealkylation sites (N-methyl/N-ethyl adjacent to an activating group) is 1. The first kappa shape index (κ1) is 32.1. The minimum atomic E-state index is -0.155. The van der Waals surface area contributed by atoms with Gasteiger partial charge in [-0.1, -0.05) is 38.8 Å². The molecule has 8 heteroatoms. The molecule has 0 saturated heterocycles. The van der Waals surface area contributed by atoms with Crippen LogP contribution in [0, 0.1) is 20.8 Å². The molecular weight excluding hydrogens is 538 g/mol. The van der Waals surface area contributed by atoms with Crippen molar-refractivity contribution in [3.63, 3.8) is 0 Å². The smallest absolute Gasteiger partial charge is 0.277 e. The molecule has 1 aliphatic heterocycles. The quantitative estimate of drug-likeness (QED) is 0.192. The Kier molecular flexibility index (Phi) is 10.9. The Bertz CT molecular complexity index is 1560. The predicted molar refractivity (Wildman–Crippen MR) is 177 cm³/mol. The summed E-state index contributed by atoms with van der Waals surface area (Å²) in [6.07, 6.45) is 4.71. The van der Waals surface area contributed by atoms with E-state index in [1.54, 1.807) is 7.11 Å². The molecule has 0 bridgehead atoms. The molecule has 4 rings (SSSR count). The van der Waals surface area contributed by atoms with Crippen molar-refractivity contribution in [1.29, 1.82) is 0 Å². The van der Waals surface area contributed by atoms with E-state index < -0.39 is 0 Å². The molecule has 2 aromatic carbocycles. The van der Waals surface area contributed by atoms with Gasteiger partial charge in [-0.15, -0.1) is 0 Å². The number of fused-ring (bicyclic) bond motifs is 1. The first-order valence-corrected chi connectivity index (χ1v) is 15.6. The molecule has 8 nitrogen and oxygen atoms in total. The van der Waals surface area contributed by atoms with Gasteiger partial charge in [0, 0.05) is 36.5 Å². The summed E-state index contributed by atoms with van der Waals surface area (Å²) in [7, 11) is 1.73. The fraction of sp³-hybridized carbons (Fsp3) is 0.486. The number of nitrogens with zero attached hydrogens (tertiary/aromatic N) is 5. The average Bonchev–Trinajstić information content (AvgIpc) is 3.34. The van der Waals surface area contributed by atoms with Crippen molar-refractivity contribution >= 4 is 22.8 Å². The van der Waals surface area contributed by atoms with Gasteiger partial charge in [0.2, 0.25) is 0 Å². The van der Waals surface area contributed by atoms with Gasteiger partial charge >= 0.3 is 0 Å². The lowest BCUT2D eigenvalue weighted by Gasteiger charge is -2.30. The third kappa shape index (κ3) is 6.90. The van der Waals surface area contributed by atoms with Gasteiger partial charge in [0.1, 0.15) is 17.2 Å². The third-order valence-electron chi connectivity index (χ3n) is 8.03. The zero-order valence-electron chi connectivity index (χ0n) is 27.2. The number of rotatable bonds is 14. The lowest BCUT2D eigenvalue weighted by atomic mass is 10.0. The fourth-order valence-corrected chi connectivity index (χ4v) is 5.50. The monoisotopic (exact) mass is 585 g/mol. The van der Waals surface area contributed by atoms with E-state index in [1.807, 2.05) is 38.1 Å². The van der Waals surface area contributed by atoms with Crippen LogP contribution >= 0.6 is 0 Å². The number of hydrogen-bond acceptors (Lipinski definition) is 7. The predicted octanol–water partition coefficient (Wildman–Crippen LogP) is 6.94. The minimum Gasteiger partial charge on any atom is -0.493 e. The Balaban J connectivity index is 1.89. The van der Waals surface area contributed by atoms with E-state index in [4.69, 9.17) is 24.6 Å². The van der Waals surface area contributed by atoms with Crippen LogP contribution in [0.3, 0.4) is 0 Å². The van der Waals surface area contributed by atoms with Crippen LogP contribution in [0.15, 0.2) is 51.3 Å². The van der Waals surface area contributed by atoms with E-state index in [1.165, 1.54) is 4.68 Å². The molecule has 2 heterocycles. The van der Waals surface area contributed by atoms with Crippen molar-refractivity contribution < 1.29 is 9.47 Å². The summed E-state index contributed by atoms with van der Waals surface area (Å²) in [5, 5.41) is 4.87. The zero-order chi connectivity index (χ0) is 31.1. The number of hydrogen-bond donors (Lipinski definition) is 0. The molecule has 0 saturated carbocycles. The Labute approximate surface area is 256 Å². The van der Waals surface area contributed by atoms with Crippen LogP contribution in [0.4, 0.5) is 11.4 Å². The maximum atomic E-state index is 13.6. The van der Waals surface area contributed by atoms with Crippen LogP contribution in [0.25, 0.3) is 0 Å². The summed E-state index contributed by atoms with van der Waals surface area (Å²) in [5.74, 6) is 1.24. The number of benzene rings is 2. The molecule has 0 spiro atoms. The Morgan fingerprint density at radius 1 is 1.02 bits per heavy atom. The Morgan fingerprint density at radius 3 is 2.47 bits per heavy atom. The van der Waals surface area contributed by atoms with Crippen LogP contribution in [0.1, 0.15) is 87.2 Å². The van der Waals surface area contributed by atoms with Crippen LogP contribution in [-0.2, 0) is 11.2 Å². The van der Waals surface area contributed by atoms with Crippen LogP contribution in [-0.4, -0.2) is 54.0 Å². The first-order valence-electron chi connectivity index (χ1n) is 15.6. The Morgan fingerprint density at radius 2 is 1.79 bits per heavy atom. The van der Waals surface area contributed by atoms with Gasteiger partial charge in [0.05, 0.1) is 24.6 Å². The number of aryl methyl sites for hydroxylation is 3. The van der Waals surface area contributed by atoms with Crippen LogP contribution < -0.4 is 15.2 Å². The highest BCUT2D eigenvalue weighted by atomic mass is 16.5. The third-order valence-corrected chi connectivity index (χ3v) is 8.03. The molecule has 0 amide bonds. The van der Waals surface area contributed by atoms with Gasteiger partial charge in [-0.3, -0.25) is 4.79 Å². The molecular formula is C35H47N5O3. The van der Waals surface area contributed by atoms with Gasteiger partial charge in [-0.25, -0.2) is 9.98 Å². The maximum absolute atomic E-state index is 13.6. The van der Waals surface area contributed by atoms with Crippen molar-refractivity contribution in [3.05, 3.63) is 80.5 Å². The molecule has 43 heavy (non-hydrogen) atoms. The normalized spacial score (nSPS) is 14.1. The second kappa shape index (κ2) is 14.6. The van der Waals surface area contributed by atoms with Gasteiger partial charge in [0.25, 0.3) is 5.56 Å². The number of aromatic nitrogens is 2. The number of ether oxygens (including phenoxy) is 2. The van der Waals surface area contributed by atoms with E-state index in [2.05, 4.69) is 51.7 Å². The van der Waals surface area contributed by atoms with Crippen molar-refractivity contribution in [2.45, 2.75) is 86.6 Å². The molecule has 0 radical (unpaired) electrons. The minimum absolute atomic E-state index is 0.155. The van der Waals surface area contributed by atoms with E-state index in [0.29, 0.717) is 36.0 Å².